The maximum Gasteiger partial charge on any atom is 0.407 e. The van der Waals surface area contributed by atoms with Gasteiger partial charge >= 0.3 is 12.1 Å². The molecule has 0 aliphatic heterocycles. The van der Waals surface area contributed by atoms with E-state index in [-0.39, 0.29) is 30.5 Å². The smallest absolute Gasteiger partial charge is 0.407 e. The normalized spacial score (nSPS) is 13.0. The number of alkyl carbamates (subject to hydrolysis) is 1. The van der Waals surface area contributed by atoms with Gasteiger partial charge in [0.15, 0.2) is 0 Å². The van der Waals surface area contributed by atoms with Gasteiger partial charge in [-0.3, -0.25) is 14.9 Å². The molecule has 1 aliphatic carbocycles. The van der Waals surface area contributed by atoms with Crippen LogP contribution in [0.5, 0.6) is 0 Å². The van der Waals surface area contributed by atoms with E-state index in [1.165, 1.54) is 5.51 Å². The fraction of sp³-hybridized carbons (Fsp3) is 0.227. The molecule has 9 nitrogen and oxygen atoms in total. The van der Waals surface area contributed by atoms with Gasteiger partial charge in [-0.15, -0.1) is 10.2 Å². The molecule has 0 fully saturated rings. The predicted octanol–water partition coefficient (Wildman–Crippen LogP) is 3.25. The SMILES string of the molecule is O=C(O)CCC(NC(=O)OCC1c2ccccc2-c2ccccc21)C(=O)Nc1nncs1. The molecule has 1 unspecified atom stereocenters. The summed E-state index contributed by atoms with van der Waals surface area (Å²) >= 11 is 1.11. The Balaban J connectivity index is 1.42. The van der Waals surface area contributed by atoms with Crippen molar-refractivity contribution < 1.29 is 24.2 Å². The number of anilines is 1. The van der Waals surface area contributed by atoms with Crippen LogP contribution in [0, 0.1) is 0 Å². The maximum atomic E-state index is 12.5. The van der Waals surface area contributed by atoms with Crippen LogP contribution in [0.15, 0.2) is 54.0 Å². The van der Waals surface area contributed by atoms with Gasteiger partial charge in [0, 0.05) is 12.3 Å². The maximum absolute atomic E-state index is 12.5. The van der Waals surface area contributed by atoms with Crippen LogP contribution >= 0.6 is 11.3 Å². The number of aromatic nitrogens is 2. The number of carboxylic acid groups (broad SMARTS) is 1. The summed E-state index contributed by atoms with van der Waals surface area (Å²) in [4.78, 5) is 36.0. The van der Waals surface area contributed by atoms with Crippen LogP contribution in [0.2, 0.25) is 0 Å². The van der Waals surface area contributed by atoms with Gasteiger partial charge in [0.25, 0.3) is 0 Å². The van der Waals surface area contributed by atoms with Gasteiger partial charge in [-0.2, -0.15) is 0 Å². The van der Waals surface area contributed by atoms with Gasteiger partial charge in [-0.1, -0.05) is 59.9 Å². The Labute approximate surface area is 187 Å². The molecule has 1 atom stereocenters. The van der Waals surface area contributed by atoms with Crippen LogP contribution in [-0.2, 0) is 14.3 Å². The average Bonchev–Trinajstić information content (AvgIpc) is 3.41. The number of nitrogens with one attached hydrogen (secondary N) is 2. The van der Waals surface area contributed by atoms with Gasteiger partial charge in [-0.25, -0.2) is 4.79 Å². The lowest BCUT2D eigenvalue weighted by Crippen LogP contribution is -2.44. The monoisotopic (exact) mass is 452 g/mol. The van der Waals surface area contributed by atoms with Crippen molar-refractivity contribution in [2.24, 2.45) is 0 Å². The molecule has 0 saturated carbocycles. The van der Waals surface area contributed by atoms with Crippen LogP contribution in [0.1, 0.15) is 29.9 Å². The Morgan fingerprint density at radius 1 is 1.06 bits per heavy atom. The van der Waals surface area contributed by atoms with E-state index in [1.807, 2.05) is 48.5 Å². The topological polar surface area (TPSA) is 131 Å². The molecular weight excluding hydrogens is 432 g/mol. The number of carboxylic acids is 1. The second-order valence-electron chi connectivity index (χ2n) is 7.19. The third-order valence-electron chi connectivity index (χ3n) is 5.19. The lowest BCUT2D eigenvalue weighted by atomic mass is 9.98. The van der Waals surface area contributed by atoms with Crippen LogP contribution in [0.4, 0.5) is 9.93 Å². The third-order valence-corrected chi connectivity index (χ3v) is 5.80. The molecular formula is C22H20N4O5S. The number of hydrogen-bond donors (Lipinski definition) is 3. The molecule has 3 aromatic rings. The number of aliphatic carboxylic acids is 1. The van der Waals surface area contributed by atoms with E-state index >= 15 is 0 Å². The number of fused-ring (bicyclic) bond motifs is 3. The lowest BCUT2D eigenvalue weighted by molar-refractivity contribution is -0.137. The quantitative estimate of drug-likeness (QED) is 0.478. The summed E-state index contributed by atoms with van der Waals surface area (Å²) in [6.07, 6.45) is -1.18. The van der Waals surface area contributed by atoms with Crippen molar-refractivity contribution in [1.82, 2.24) is 15.5 Å². The third kappa shape index (κ3) is 4.75. The highest BCUT2D eigenvalue weighted by Crippen LogP contribution is 2.44. The molecule has 2 aromatic carbocycles. The highest BCUT2D eigenvalue weighted by Gasteiger charge is 2.30. The van der Waals surface area contributed by atoms with E-state index in [9.17, 15) is 14.4 Å². The average molecular weight is 452 g/mol. The molecule has 10 heteroatoms. The zero-order valence-corrected chi connectivity index (χ0v) is 17.7. The first-order chi connectivity index (χ1) is 15.5. The number of ether oxygens (including phenoxy) is 1. The summed E-state index contributed by atoms with van der Waals surface area (Å²) in [5.41, 5.74) is 5.79. The van der Waals surface area contributed by atoms with Crippen LogP contribution in [0.25, 0.3) is 11.1 Å². The number of carbonyl (C=O) groups excluding carboxylic acids is 2. The summed E-state index contributed by atoms with van der Waals surface area (Å²) in [6.45, 7) is 0.0868. The van der Waals surface area contributed by atoms with Crippen molar-refractivity contribution in [2.75, 3.05) is 11.9 Å². The Kier molecular flexibility index (Phi) is 6.41. The van der Waals surface area contributed by atoms with E-state index in [2.05, 4.69) is 20.8 Å². The number of amides is 2. The Bertz CT molecular complexity index is 1090. The number of rotatable bonds is 8. The molecule has 1 aliphatic rings. The second-order valence-corrected chi connectivity index (χ2v) is 8.02. The number of nitrogens with zero attached hydrogens (tertiary/aromatic N) is 2. The molecule has 1 heterocycles. The van der Waals surface area contributed by atoms with Gasteiger partial charge in [0.1, 0.15) is 18.2 Å². The van der Waals surface area contributed by atoms with Gasteiger partial charge < -0.3 is 15.2 Å². The van der Waals surface area contributed by atoms with Gasteiger partial charge in [0.2, 0.25) is 11.0 Å². The first-order valence-electron chi connectivity index (χ1n) is 9.93. The fourth-order valence-electron chi connectivity index (χ4n) is 3.74. The molecule has 3 N–H and O–H groups in total. The van der Waals surface area contributed by atoms with Crippen molar-refractivity contribution in [3.05, 3.63) is 65.2 Å². The molecule has 0 radical (unpaired) electrons. The van der Waals surface area contributed by atoms with E-state index in [0.29, 0.717) is 0 Å². The Morgan fingerprint density at radius 2 is 1.72 bits per heavy atom. The molecule has 4 rings (SSSR count). The van der Waals surface area contributed by atoms with Gasteiger partial charge in [-0.05, 0) is 28.7 Å². The van der Waals surface area contributed by atoms with Crippen molar-refractivity contribution in [1.29, 1.82) is 0 Å². The minimum Gasteiger partial charge on any atom is -0.481 e. The molecule has 1 aromatic heterocycles. The summed E-state index contributed by atoms with van der Waals surface area (Å²) in [6, 6.07) is 14.8. The standard InChI is InChI=1S/C22H20N4O5S/c27-19(28)10-9-18(20(29)25-21-26-23-12-32-21)24-22(30)31-11-17-15-7-3-1-5-13(15)14-6-2-4-8-16(14)17/h1-8,12,17-18H,9-11H2,(H,24,30)(H,27,28)(H,25,26,29). The largest absolute Gasteiger partial charge is 0.481 e. The summed E-state index contributed by atoms with van der Waals surface area (Å²) in [5, 5.41) is 21.6. The minimum atomic E-state index is -1.09. The summed E-state index contributed by atoms with van der Waals surface area (Å²) in [7, 11) is 0. The zero-order valence-electron chi connectivity index (χ0n) is 16.9. The van der Waals surface area contributed by atoms with E-state index < -0.39 is 24.0 Å². The molecule has 164 valence electrons. The number of hydrogen-bond acceptors (Lipinski definition) is 7. The van der Waals surface area contributed by atoms with Crippen molar-refractivity contribution >= 4 is 34.4 Å². The highest BCUT2D eigenvalue weighted by molar-refractivity contribution is 7.13. The molecule has 0 spiro atoms. The van der Waals surface area contributed by atoms with Crippen LogP contribution in [-0.4, -0.2) is 45.9 Å². The Hall–Kier alpha value is -3.79. The predicted molar refractivity (Wildman–Crippen MR) is 117 cm³/mol. The van der Waals surface area contributed by atoms with E-state index in [0.717, 1.165) is 33.6 Å². The zero-order chi connectivity index (χ0) is 22.5. The van der Waals surface area contributed by atoms with Gasteiger partial charge in [0.05, 0.1) is 0 Å². The van der Waals surface area contributed by atoms with Crippen LogP contribution in [0.3, 0.4) is 0 Å². The highest BCUT2D eigenvalue weighted by atomic mass is 32.1. The molecule has 2 amide bonds. The first kappa shape index (κ1) is 21.4. The van der Waals surface area contributed by atoms with E-state index in [4.69, 9.17) is 9.84 Å². The van der Waals surface area contributed by atoms with Crippen molar-refractivity contribution in [3.8, 4) is 11.1 Å². The summed E-state index contributed by atoms with van der Waals surface area (Å²) in [5.74, 6) is -1.79. The van der Waals surface area contributed by atoms with Crippen molar-refractivity contribution in [2.45, 2.75) is 24.8 Å². The number of benzene rings is 2. The van der Waals surface area contributed by atoms with E-state index in [1.54, 1.807) is 0 Å². The minimum absolute atomic E-state index is 0.0868. The lowest BCUT2D eigenvalue weighted by Gasteiger charge is -2.18. The molecule has 32 heavy (non-hydrogen) atoms. The molecule has 0 bridgehead atoms. The number of carbonyl (C=O) groups is 3. The fourth-order valence-corrected chi connectivity index (χ4v) is 4.19. The first-order valence-corrected chi connectivity index (χ1v) is 10.8. The van der Waals surface area contributed by atoms with Crippen LogP contribution < -0.4 is 10.6 Å². The second kappa shape index (κ2) is 9.56. The van der Waals surface area contributed by atoms with Crippen molar-refractivity contribution in [3.63, 3.8) is 0 Å². The Morgan fingerprint density at radius 3 is 2.31 bits per heavy atom. The molecule has 0 saturated heterocycles. The summed E-state index contributed by atoms with van der Waals surface area (Å²) < 4.78 is 5.46.